The number of hydrogen-bond donors (Lipinski definition) is 0. The summed E-state index contributed by atoms with van der Waals surface area (Å²) >= 11 is 0. The fourth-order valence-corrected chi connectivity index (χ4v) is 2.43. The maximum Gasteiger partial charge on any atom is 0.163 e. The van der Waals surface area contributed by atoms with Crippen molar-refractivity contribution in [3.8, 4) is 18.1 Å². The van der Waals surface area contributed by atoms with Gasteiger partial charge >= 0.3 is 0 Å². The van der Waals surface area contributed by atoms with Gasteiger partial charge in [0.15, 0.2) is 5.78 Å². The van der Waals surface area contributed by atoms with Crippen molar-refractivity contribution in [2.75, 3.05) is 26.7 Å². The van der Waals surface area contributed by atoms with Crippen molar-refractivity contribution in [1.29, 1.82) is 0 Å². The van der Waals surface area contributed by atoms with Crippen molar-refractivity contribution < 1.29 is 9.53 Å². The number of fused-ring (bicyclic) bond motifs is 1. The highest BCUT2D eigenvalue weighted by Gasteiger charge is 2.19. The van der Waals surface area contributed by atoms with Gasteiger partial charge in [-0.3, -0.25) is 9.69 Å². The standard InChI is InChI=1S/C17H21NO2/c1-3-10-18(2)11-4-5-12-20-15-7-8-16-14(13-15)6-9-17(16)19/h1,7-8,13H,4-6,9-12H2,2H3. The maximum atomic E-state index is 11.5. The minimum Gasteiger partial charge on any atom is -0.494 e. The Morgan fingerprint density at radius 3 is 3.00 bits per heavy atom. The molecule has 0 aromatic heterocycles. The number of ketones is 1. The largest absolute Gasteiger partial charge is 0.494 e. The van der Waals surface area contributed by atoms with Gasteiger partial charge in [0, 0.05) is 12.0 Å². The third-order valence-corrected chi connectivity index (χ3v) is 3.56. The number of ether oxygens (including phenoxy) is 1. The number of hydrogen-bond acceptors (Lipinski definition) is 3. The monoisotopic (exact) mass is 271 g/mol. The van der Waals surface area contributed by atoms with Crippen LogP contribution in [0.5, 0.6) is 5.75 Å². The zero-order valence-corrected chi connectivity index (χ0v) is 12.0. The molecule has 0 N–H and O–H groups in total. The number of Topliss-reactive ketones (excluding diaryl/α,β-unsaturated/α-hetero) is 1. The van der Waals surface area contributed by atoms with E-state index in [0.717, 1.165) is 42.7 Å². The summed E-state index contributed by atoms with van der Waals surface area (Å²) in [5.41, 5.74) is 1.99. The molecule has 106 valence electrons. The fraction of sp³-hybridized carbons (Fsp3) is 0.471. The van der Waals surface area contributed by atoms with Crippen LogP contribution < -0.4 is 4.74 Å². The SMILES string of the molecule is C#CCN(C)CCCCOc1ccc2c(c1)CCC2=O. The molecule has 0 saturated heterocycles. The van der Waals surface area contributed by atoms with E-state index in [0.29, 0.717) is 19.6 Å². The number of benzene rings is 1. The Morgan fingerprint density at radius 2 is 2.20 bits per heavy atom. The van der Waals surface area contributed by atoms with E-state index in [-0.39, 0.29) is 5.78 Å². The first-order valence-corrected chi connectivity index (χ1v) is 7.11. The first kappa shape index (κ1) is 14.6. The van der Waals surface area contributed by atoms with Crippen LogP contribution >= 0.6 is 0 Å². The molecule has 20 heavy (non-hydrogen) atoms. The lowest BCUT2D eigenvalue weighted by Crippen LogP contribution is -2.20. The normalized spacial score (nSPS) is 13.3. The Kier molecular flexibility index (Phi) is 5.20. The van der Waals surface area contributed by atoms with Crippen molar-refractivity contribution in [3.63, 3.8) is 0 Å². The van der Waals surface area contributed by atoms with E-state index in [9.17, 15) is 4.79 Å². The third-order valence-electron chi connectivity index (χ3n) is 3.56. The van der Waals surface area contributed by atoms with E-state index < -0.39 is 0 Å². The first-order chi connectivity index (χ1) is 9.70. The van der Waals surface area contributed by atoms with Gasteiger partial charge in [0.05, 0.1) is 13.2 Å². The molecule has 2 rings (SSSR count). The van der Waals surface area contributed by atoms with E-state index in [1.54, 1.807) is 0 Å². The van der Waals surface area contributed by atoms with Crippen LogP contribution in [0.4, 0.5) is 0 Å². The highest BCUT2D eigenvalue weighted by atomic mass is 16.5. The van der Waals surface area contributed by atoms with E-state index >= 15 is 0 Å². The molecule has 0 radical (unpaired) electrons. The molecule has 0 spiro atoms. The molecule has 1 aromatic rings. The molecule has 0 unspecified atom stereocenters. The first-order valence-electron chi connectivity index (χ1n) is 7.11. The Bertz CT molecular complexity index is 516. The number of carbonyl (C=O) groups is 1. The van der Waals surface area contributed by atoms with Gasteiger partial charge < -0.3 is 4.74 Å². The highest BCUT2D eigenvalue weighted by molar-refractivity contribution is 6.00. The lowest BCUT2D eigenvalue weighted by molar-refractivity contribution is 0.0994. The molecule has 3 nitrogen and oxygen atoms in total. The van der Waals surface area contributed by atoms with E-state index in [2.05, 4.69) is 10.8 Å². The van der Waals surface area contributed by atoms with Gasteiger partial charge in [0.2, 0.25) is 0 Å². The second kappa shape index (κ2) is 7.12. The summed E-state index contributed by atoms with van der Waals surface area (Å²) in [7, 11) is 2.03. The molecule has 0 heterocycles. The summed E-state index contributed by atoms with van der Waals surface area (Å²) in [5.74, 6) is 3.75. The van der Waals surface area contributed by atoms with Gasteiger partial charge in [-0.15, -0.1) is 6.42 Å². The molecule has 0 bridgehead atoms. The molecule has 0 atom stereocenters. The molecule has 0 amide bonds. The Morgan fingerprint density at radius 1 is 1.35 bits per heavy atom. The molecular weight excluding hydrogens is 250 g/mol. The van der Waals surface area contributed by atoms with Crippen LogP contribution in [-0.2, 0) is 6.42 Å². The lowest BCUT2D eigenvalue weighted by atomic mass is 10.1. The molecule has 0 fully saturated rings. The van der Waals surface area contributed by atoms with Gasteiger partial charge in [0.25, 0.3) is 0 Å². The van der Waals surface area contributed by atoms with E-state index in [4.69, 9.17) is 11.2 Å². The van der Waals surface area contributed by atoms with Crippen LogP contribution in [0.1, 0.15) is 35.2 Å². The average Bonchev–Trinajstić information content (AvgIpc) is 2.80. The van der Waals surface area contributed by atoms with Crippen LogP contribution in [0.3, 0.4) is 0 Å². The predicted molar refractivity (Wildman–Crippen MR) is 80.2 cm³/mol. The second-order valence-corrected chi connectivity index (χ2v) is 5.24. The van der Waals surface area contributed by atoms with Crippen LogP contribution in [0, 0.1) is 12.3 Å². The van der Waals surface area contributed by atoms with Crippen LogP contribution in [0.25, 0.3) is 0 Å². The summed E-state index contributed by atoms with van der Waals surface area (Å²) in [6.45, 7) is 2.39. The fourth-order valence-electron chi connectivity index (χ4n) is 2.43. The lowest BCUT2D eigenvalue weighted by Gasteiger charge is -2.13. The van der Waals surface area contributed by atoms with Crippen LogP contribution in [-0.4, -0.2) is 37.4 Å². The summed E-state index contributed by atoms with van der Waals surface area (Å²) in [6, 6.07) is 5.79. The molecule has 0 saturated carbocycles. The van der Waals surface area contributed by atoms with Crippen molar-refractivity contribution in [3.05, 3.63) is 29.3 Å². The number of carbonyl (C=O) groups excluding carboxylic acids is 1. The van der Waals surface area contributed by atoms with Crippen LogP contribution in [0.15, 0.2) is 18.2 Å². The summed E-state index contributed by atoms with van der Waals surface area (Å²) in [4.78, 5) is 13.7. The number of terminal acetylenes is 1. The molecule has 1 aliphatic carbocycles. The van der Waals surface area contributed by atoms with Gasteiger partial charge in [-0.1, -0.05) is 5.92 Å². The Balaban J connectivity index is 1.70. The number of aryl methyl sites for hydroxylation is 1. The zero-order valence-electron chi connectivity index (χ0n) is 12.0. The van der Waals surface area contributed by atoms with Crippen LogP contribution in [0.2, 0.25) is 0 Å². The summed E-state index contributed by atoms with van der Waals surface area (Å²) in [5, 5.41) is 0. The quantitative estimate of drug-likeness (QED) is 0.564. The van der Waals surface area contributed by atoms with Gasteiger partial charge in [0.1, 0.15) is 5.75 Å². The second-order valence-electron chi connectivity index (χ2n) is 5.24. The molecule has 1 aromatic carbocycles. The minimum absolute atomic E-state index is 0.253. The number of nitrogens with zero attached hydrogens (tertiary/aromatic N) is 1. The molecular formula is C17H21NO2. The summed E-state index contributed by atoms with van der Waals surface area (Å²) < 4.78 is 5.74. The smallest absolute Gasteiger partial charge is 0.163 e. The average molecular weight is 271 g/mol. The van der Waals surface area contributed by atoms with Gasteiger partial charge in [-0.25, -0.2) is 0 Å². The summed E-state index contributed by atoms with van der Waals surface area (Å²) in [6.07, 6.45) is 8.81. The number of unbranched alkanes of at least 4 members (excludes halogenated alkanes) is 1. The highest BCUT2D eigenvalue weighted by Crippen LogP contribution is 2.26. The minimum atomic E-state index is 0.253. The van der Waals surface area contributed by atoms with Crippen molar-refractivity contribution in [2.45, 2.75) is 25.7 Å². The molecule has 0 aliphatic heterocycles. The number of rotatable bonds is 7. The Labute approximate surface area is 120 Å². The maximum absolute atomic E-state index is 11.5. The van der Waals surface area contributed by atoms with Gasteiger partial charge in [-0.2, -0.15) is 0 Å². The topological polar surface area (TPSA) is 29.5 Å². The van der Waals surface area contributed by atoms with E-state index in [1.807, 2.05) is 25.2 Å². The third kappa shape index (κ3) is 3.85. The van der Waals surface area contributed by atoms with Gasteiger partial charge in [-0.05, 0) is 56.6 Å². The van der Waals surface area contributed by atoms with Crippen molar-refractivity contribution >= 4 is 5.78 Å². The van der Waals surface area contributed by atoms with Crippen molar-refractivity contribution in [1.82, 2.24) is 4.90 Å². The molecule has 1 aliphatic rings. The van der Waals surface area contributed by atoms with Crippen molar-refractivity contribution in [2.24, 2.45) is 0 Å². The Hall–Kier alpha value is -1.79. The molecule has 3 heteroatoms. The zero-order chi connectivity index (χ0) is 14.4. The predicted octanol–water partition coefficient (Wildman–Crippen LogP) is 2.54. The van der Waals surface area contributed by atoms with E-state index in [1.165, 1.54) is 0 Å².